The van der Waals surface area contributed by atoms with Crippen LogP contribution in [-0.4, -0.2) is 78.2 Å². The van der Waals surface area contributed by atoms with E-state index >= 15 is 0 Å². The number of carbonyl (C=O) groups excluding carboxylic acids is 2. The minimum absolute atomic E-state index is 0.108. The summed E-state index contributed by atoms with van der Waals surface area (Å²) in [5.74, 6) is 1.44. The van der Waals surface area contributed by atoms with E-state index in [1.165, 1.54) is 0 Å². The summed E-state index contributed by atoms with van der Waals surface area (Å²) in [4.78, 5) is 41.9. The molecule has 9 heteroatoms. The normalized spacial score (nSPS) is 14.2. The molecule has 0 radical (unpaired) electrons. The SMILES string of the molecule is COCCOC(=O)c1c(C)[nH]c(C(=O)N2CCN(c3cc(C)nc(C(C)C)n3)CC2)c1C. The van der Waals surface area contributed by atoms with Crippen molar-refractivity contribution in [1.82, 2.24) is 19.9 Å². The van der Waals surface area contributed by atoms with Crippen molar-refractivity contribution >= 4 is 17.7 Å². The molecule has 1 amide bonds. The fourth-order valence-electron chi connectivity index (χ4n) is 3.85. The molecule has 3 heterocycles. The van der Waals surface area contributed by atoms with Crippen LogP contribution < -0.4 is 4.90 Å². The minimum Gasteiger partial charge on any atom is -0.460 e. The number of piperazine rings is 1. The quantitative estimate of drug-likeness (QED) is 0.518. The standard InChI is InChI=1S/C23H33N5O4/c1-14(2)21-24-15(3)13-18(26-21)27-7-9-28(10-8-27)22(29)20-16(4)19(17(5)25-20)23(30)32-12-11-31-6/h13-14,25H,7-12H2,1-6H3. The van der Waals surface area contributed by atoms with Crippen molar-refractivity contribution in [3.8, 4) is 0 Å². The van der Waals surface area contributed by atoms with Gasteiger partial charge in [-0.2, -0.15) is 0 Å². The first-order valence-corrected chi connectivity index (χ1v) is 11.0. The number of aromatic amines is 1. The van der Waals surface area contributed by atoms with Crippen LogP contribution in [0.2, 0.25) is 0 Å². The molecule has 1 aliphatic rings. The number of anilines is 1. The first kappa shape index (κ1) is 23.7. The van der Waals surface area contributed by atoms with Crippen LogP contribution in [0.15, 0.2) is 6.07 Å². The Morgan fingerprint density at radius 1 is 1.09 bits per heavy atom. The van der Waals surface area contributed by atoms with Crippen molar-refractivity contribution in [2.24, 2.45) is 0 Å². The van der Waals surface area contributed by atoms with Crippen molar-refractivity contribution in [2.45, 2.75) is 40.5 Å². The maximum Gasteiger partial charge on any atom is 0.340 e. The average Bonchev–Trinajstić information content (AvgIpc) is 3.06. The van der Waals surface area contributed by atoms with Crippen molar-refractivity contribution < 1.29 is 19.1 Å². The molecule has 0 atom stereocenters. The third-order valence-corrected chi connectivity index (χ3v) is 5.64. The van der Waals surface area contributed by atoms with Crippen LogP contribution in [0.25, 0.3) is 0 Å². The van der Waals surface area contributed by atoms with Gasteiger partial charge >= 0.3 is 5.97 Å². The van der Waals surface area contributed by atoms with Crippen LogP contribution in [0.5, 0.6) is 0 Å². The van der Waals surface area contributed by atoms with Gasteiger partial charge < -0.3 is 24.3 Å². The van der Waals surface area contributed by atoms with Gasteiger partial charge in [0.15, 0.2) is 0 Å². The number of methoxy groups -OCH3 is 1. The number of amides is 1. The number of nitrogens with zero attached hydrogens (tertiary/aromatic N) is 4. The molecule has 0 unspecified atom stereocenters. The van der Waals surface area contributed by atoms with E-state index in [1.54, 1.807) is 21.0 Å². The molecular weight excluding hydrogens is 410 g/mol. The van der Waals surface area contributed by atoms with Crippen molar-refractivity contribution in [3.05, 3.63) is 40.1 Å². The average molecular weight is 444 g/mol. The predicted octanol–water partition coefficient (Wildman–Crippen LogP) is 2.62. The monoisotopic (exact) mass is 443 g/mol. The third kappa shape index (κ3) is 5.09. The van der Waals surface area contributed by atoms with Crippen LogP contribution >= 0.6 is 0 Å². The number of hydrogen-bond acceptors (Lipinski definition) is 7. The van der Waals surface area contributed by atoms with Gasteiger partial charge in [0.2, 0.25) is 0 Å². The highest BCUT2D eigenvalue weighted by molar-refractivity contribution is 6.00. The molecule has 0 spiro atoms. The molecule has 3 rings (SSSR count). The van der Waals surface area contributed by atoms with Crippen molar-refractivity contribution in [2.75, 3.05) is 51.4 Å². The highest BCUT2D eigenvalue weighted by Gasteiger charge is 2.28. The van der Waals surface area contributed by atoms with Gasteiger partial charge in [0.1, 0.15) is 23.9 Å². The van der Waals surface area contributed by atoms with Crippen LogP contribution in [0.4, 0.5) is 5.82 Å². The second-order valence-corrected chi connectivity index (χ2v) is 8.41. The number of ether oxygens (including phenoxy) is 2. The fourth-order valence-corrected chi connectivity index (χ4v) is 3.85. The molecular formula is C23H33N5O4. The highest BCUT2D eigenvalue weighted by Crippen LogP contribution is 2.23. The minimum atomic E-state index is -0.447. The first-order valence-electron chi connectivity index (χ1n) is 11.0. The van der Waals surface area contributed by atoms with Crippen molar-refractivity contribution in [3.63, 3.8) is 0 Å². The lowest BCUT2D eigenvalue weighted by molar-refractivity contribution is 0.0387. The van der Waals surface area contributed by atoms with E-state index in [-0.39, 0.29) is 18.4 Å². The lowest BCUT2D eigenvalue weighted by Gasteiger charge is -2.35. The molecule has 1 fully saturated rings. The van der Waals surface area contributed by atoms with E-state index in [0.717, 1.165) is 17.3 Å². The van der Waals surface area contributed by atoms with Gasteiger partial charge in [0.05, 0.1) is 12.2 Å². The Kier molecular flexibility index (Phi) is 7.50. The van der Waals surface area contributed by atoms with Gasteiger partial charge in [-0.1, -0.05) is 13.8 Å². The number of nitrogens with one attached hydrogen (secondary N) is 1. The summed E-state index contributed by atoms with van der Waals surface area (Å²) < 4.78 is 10.2. The molecule has 32 heavy (non-hydrogen) atoms. The van der Waals surface area contributed by atoms with Gasteiger partial charge in [-0.25, -0.2) is 14.8 Å². The summed E-state index contributed by atoms with van der Waals surface area (Å²) in [6.07, 6.45) is 0. The third-order valence-electron chi connectivity index (χ3n) is 5.64. The summed E-state index contributed by atoms with van der Waals surface area (Å²) in [7, 11) is 1.55. The Balaban J connectivity index is 1.68. The molecule has 1 aliphatic heterocycles. The molecule has 0 aromatic carbocycles. The van der Waals surface area contributed by atoms with Gasteiger partial charge in [0, 0.05) is 56.7 Å². The largest absolute Gasteiger partial charge is 0.460 e. The molecule has 1 saturated heterocycles. The van der Waals surface area contributed by atoms with Gasteiger partial charge in [-0.15, -0.1) is 0 Å². The second kappa shape index (κ2) is 10.1. The van der Waals surface area contributed by atoms with Crippen LogP contribution in [0.1, 0.15) is 63.4 Å². The number of esters is 1. The second-order valence-electron chi connectivity index (χ2n) is 8.41. The smallest absolute Gasteiger partial charge is 0.340 e. The Labute approximate surface area is 189 Å². The Bertz CT molecular complexity index is 977. The van der Waals surface area contributed by atoms with Crippen LogP contribution in [0, 0.1) is 20.8 Å². The zero-order valence-corrected chi connectivity index (χ0v) is 19.8. The molecule has 2 aromatic heterocycles. The fraction of sp³-hybridized carbons (Fsp3) is 0.565. The summed E-state index contributed by atoms with van der Waals surface area (Å²) in [6.45, 7) is 12.7. The number of hydrogen-bond donors (Lipinski definition) is 1. The molecule has 0 aliphatic carbocycles. The molecule has 1 N–H and O–H groups in total. The summed E-state index contributed by atoms with van der Waals surface area (Å²) in [5.41, 5.74) is 3.05. The lowest BCUT2D eigenvalue weighted by Crippen LogP contribution is -2.49. The number of carbonyl (C=O) groups is 2. The van der Waals surface area contributed by atoms with E-state index in [9.17, 15) is 9.59 Å². The summed E-state index contributed by atoms with van der Waals surface area (Å²) in [6, 6.07) is 1.99. The number of H-pyrrole nitrogens is 1. The van der Waals surface area contributed by atoms with E-state index in [4.69, 9.17) is 14.5 Å². The Morgan fingerprint density at radius 3 is 2.41 bits per heavy atom. The molecule has 2 aromatic rings. The molecule has 174 valence electrons. The Morgan fingerprint density at radius 2 is 1.78 bits per heavy atom. The maximum absolute atomic E-state index is 13.2. The predicted molar refractivity (Wildman–Crippen MR) is 121 cm³/mol. The molecule has 0 saturated carbocycles. The topological polar surface area (TPSA) is 101 Å². The van der Waals surface area contributed by atoms with E-state index in [2.05, 4.69) is 28.7 Å². The Hall–Kier alpha value is -2.94. The van der Waals surface area contributed by atoms with Gasteiger partial charge in [-0.05, 0) is 26.3 Å². The summed E-state index contributed by atoms with van der Waals surface area (Å²) >= 11 is 0. The molecule has 9 nitrogen and oxygen atoms in total. The number of aryl methyl sites for hydroxylation is 2. The van der Waals surface area contributed by atoms with Crippen LogP contribution in [0.3, 0.4) is 0 Å². The number of rotatable bonds is 7. The van der Waals surface area contributed by atoms with Crippen molar-refractivity contribution in [1.29, 1.82) is 0 Å². The summed E-state index contributed by atoms with van der Waals surface area (Å²) in [5, 5.41) is 0. The van der Waals surface area contributed by atoms with Crippen LogP contribution in [-0.2, 0) is 9.47 Å². The van der Waals surface area contributed by atoms with E-state index in [0.29, 0.717) is 55.3 Å². The van der Waals surface area contributed by atoms with Gasteiger partial charge in [-0.3, -0.25) is 4.79 Å². The number of aromatic nitrogens is 3. The highest BCUT2D eigenvalue weighted by atomic mass is 16.6. The maximum atomic E-state index is 13.2. The lowest BCUT2D eigenvalue weighted by atomic mass is 10.1. The van der Waals surface area contributed by atoms with Gasteiger partial charge in [0.25, 0.3) is 5.91 Å². The molecule has 0 bridgehead atoms. The van der Waals surface area contributed by atoms with E-state index in [1.807, 2.05) is 17.9 Å². The first-order chi connectivity index (χ1) is 15.2. The zero-order chi connectivity index (χ0) is 23.4. The zero-order valence-electron chi connectivity index (χ0n) is 19.8. The van der Waals surface area contributed by atoms with E-state index < -0.39 is 5.97 Å².